The lowest BCUT2D eigenvalue weighted by Crippen LogP contribution is -2.20. The van der Waals surface area contributed by atoms with Crippen LogP contribution in [0.2, 0.25) is 0 Å². The summed E-state index contributed by atoms with van der Waals surface area (Å²) in [7, 11) is 0. The highest BCUT2D eigenvalue weighted by Crippen LogP contribution is 2.30. The van der Waals surface area contributed by atoms with Crippen LogP contribution in [0.5, 0.6) is 11.5 Å². The van der Waals surface area contributed by atoms with Crippen molar-refractivity contribution in [3.05, 3.63) is 77.3 Å². The second kappa shape index (κ2) is 9.42. The minimum atomic E-state index is -0.235. The van der Waals surface area contributed by atoms with E-state index in [2.05, 4.69) is 21.2 Å². The van der Waals surface area contributed by atoms with Crippen molar-refractivity contribution in [3.8, 4) is 22.6 Å². The summed E-state index contributed by atoms with van der Waals surface area (Å²) >= 11 is 3.52. The van der Waals surface area contributed by atoms with Gasteiger partial charge in [0, 0.05) is 11.8 Å². The number of nitrogens with one attached hydrogen (secondary N) is 1. The van der Waals surface area contributed by atoms with E-state index in [1.165, 1.54) is 0 Å². The molecule has 0 spiro atoms. The zero-order chi connectivity index (χ0) is 19.9. The number of anilines is 1. The van der Waals surface area contributed by atoms with Gasteiger partial charge in [-0.15, -0.1) is 0 Å². The number of halogens is 1. The lowest BCUT2D eigenvalue weighted by molar-refractivity contribution is -0.118. The number of hydrogen-bond acceptors (Lipinski definition) is 3. The van der Waals surface area contributed by atoms with Crippen LogP contribution < -0.4 is 14.8 Å². The second-order valence-electron chi connectivity index (χ2n) is 6.54. The minimum Gasteiger partial charge on any atom is -0.491 e. The Morgan fingerprint density at radius 3 is 2.46 bits per heavy atom. The van der Waals surface area contributed by atoms with Crippen molar-refractivity contribution in [2.45, 2.75) is 20.0 Å². The molecule has 0 bridgehead atoms. The zero-order valence-corrected chi connectivity index (χ0v) is 17.4. The topological polar surface area (TPSA) is 47.6 Å². The first-order valence-corrected chi connectivity index (χ1v) is 9.85. The van der Waals surface area contributed by atoms with Crippen molar-refractivity contribution in [3.63, 3.8) is 0 Å². The summed E-state index contributed by atoms with van der Waals surface area (Å²) in [6.07, 6.45) is 0.0745. The van der Waals surface area contributed by atoms with E-state index < -0.39 is 0 Å². The minimum absolute atomic E-state index is 0.0745. The smallest absolute Gasteiger partial charge is 0.262 e. The van der Waals surface area contributed by atoms with Crippen LogP contribution in [0.3, 0.4) is 0 Å². The van der Waals surface area contributed by atoms with Crippen LogP contribution in [0.4, 0.5) is 5.69 Å². The average molecular weight is 440 g/mol. The van der Waals surface area contributed by atoms with Crippen molar-refractivity contribution >= 4 is 27.5 Å². The number of ether oxygens (including phenoxy) is 2. The van der Waals surface area contributed by atoms with Gasteiger partial charge < -0.3 is 14.8 Å². The number of carbonyl (C=O) groups is 1. The standard InChI is InChI=1S/C23H22BrNO3/c1-16(2)28-20-10-6-9-19(14-20)25-23(26)15-27-22-12-11-18(13-21(22)24)17-7-4-3-5-8-17/h3-14,16H,15H2,1-2H3,(H,25,26). The molecule has 0 fully saturated rings. The molecule has 28 heavy (non-hydrogen) atoms. The van der Waals surface area contributed by atoms with E-state index >= 15 is 0 Å². The van der Waals surface area contributed by atoms with Gasteiger partial charge in [0.05, 0.1) is 10.6 Å². The van der Waals surface area contributed by atoms with E-state index in [1.807, 2.05) is 80.6 Å². The first kappa shape index (κ1) is 20.0. The Bertz CT molecular complexity index is 942. The molecule has 0 radical (unpaired) electrons. The van der Waals surface area contributed by atoms with E-state index in [0.29, 0.717) is 17.2 Å². The molecular weight excluding hydrogens is 418 g/mol. The predicted molar refractivity (Wildman–Crippen MR) is 116 cm³/mol. The van der Waals surface area contributed by atoms with Gasteiger partial charge in [-0.25, -0.2) is 0 Å². The highest BCUT2D eigenvalue weighted by Gasteiger charge is 2.09. The van der Waals surface area contributed by atoms with Crippen molar-refractivity contribution < 1.29 is 14.3 Å². The van der Waals surface area contributed by atoms with E-state index in [-0.39, 0.29) is 18.6 Å². The van der Waals surface area contributed by atoms with Crippen molar-refractivity contribution in [2.24, 2.45) is 0 Å². The third kappa shape index (κ3) is 5.60. The quantitative estimate of drug-likeness (QED) is 0.496. The number of benzene rings is 3. The van der Waals surface area contributed by atoms with Crippen molar-refractivity contribution in [1.29, 1.82) is 0 Å². The molecule has 0 aliphatic heterocycles. The third-order valence-corrected chi connectivity index (χ3v) is 4.51. The summed E-state index contributed by atoms with van der Waals surface area (Å²) in [6.45, 7) is 3.83. The summed E-state index contributed by atoms with van der Waals surface area (Å²) in [5, 5.41) is 2.82. The van der Waals surface area contributed by atoms with Crippen molar-refractivity contribution in [2.75, 3.05) is 11.9 Å². The molecule has 0 heterocycles. The Labute approximate surface area is 173 Å². The average Bonchev–Trinajstić information content (AvgIpc) is 2.67. The van der Waals surface area contributed by atoms with E-state index in [1.54, 1.807) is 6.07 Å². The Balaban J connectivity index is 1.59. The normalized spacial score (nSPS) is 10.6. The molecule has 0 aliphatic carbocycles. The largest absolute Gasteiger partial charge is 0.491 e. The molecule has 0 unspecified atom stereocenters. The first-order valence-electron chi connectivity index (χ1n) is 9.05. The molecule has 0 aliphatic rings. The number of carbonyl (C=O) groups excluding carboxylic acids is 1. The fraction of sp³-hybridized carbons (Fsp3) is 0.174. The summed E-state index contributed by atoms with van der Waals surface area (Å²) < 4.78 is 12.1. The number of hydrogen-bond donors (Lipinski definition) is 1. The highest BCUT2D eigenvalue weighted by molar-refractivity contribution is 9.10. The van der Waals surface area contributed by atoms with Crippen LogP contribution in [-0.4, -0.2) is 18.6 Å². The van der Waals surface area contributed by atoms with Gasteiger partial charge in [-0.05, 0) is 65.2 Å². The molecule has 0 aromatic heterocycles. The molecule has 3 rings (SSSR count). The van der Waals surface area contributed by atoms with Gasteiger partial charge in [-0.3, -0.25) is 4.79 Å². The van der Waals surface area contributed by atoms with E-state index in [4.69, 9.17) is 9.47 Å². The molecular formula is C23H22BrNO3. The maximum atomic E-state index is 12.2. The SMILES string of the molecule is CC(C)Oc1cccc(NC(=O)COc2ccc(-c3ccccc3)cc2Br)c1. The maximum Gasteiger partial charge on any atom is 0.262 e. The molecule has 0 saturated carbocycles. The maximum absolute atomic E-state index is 12.2. The lowest BCUT2D eigenvalue weighted by atomic mass is 10.1. The highest BCUT2D eigenvalue weighted by atomic mass is 79.9. The van der Waals surface area contributed by atoms with Gasteiger partial charge in [0.2, 0.25) is 0 Å². The van der Waals surface area contributed by atoms with Crippen LogP contribution in [0.25, 0.3) is 11.1 Å². The number of amides is 1. The molecule has 5 heteroatoms. The fourth-order valence-electron chi connectivity index (χ4n) is 2.69. The molecule has 1 N–H and O–H groups in total. The molecule has 1 amide bonds. The van der Waals surface area contributed by atoms with E-state index in [9.17, 15) is 4.79 Å². The Morgan fingerprint density at radius 1 is 0.964 bits per heavy atom. The van der Waals surface area contributed by atoms with Gasteiger partial charge in [0.1, 0.15) is 11.5 Å². The summed E-state index contributed by atoms with van der Waals surface area (Å²) in [4.78, 5) is 12.2. The molecule has 3 aromatic rings. The Hall–Kier alpha value is -2.79. The summed E-state index contributed by atoms with van der Waals surface area (Å²) in [5.41, 5.74) is 2.87. The lowest BCUT2D eigenvalue weighted by Gasteiger charge is -2.12. The van der Waals surface area contributed by atoms with Gasteiger partial charge >= 0.3 is 0 Å². The Kier molecular flexibility index (Phi) is 6.71. The molecule has 0 atom stereocenters. The zero-order valence-electron chi connectivity index (χ0n) is 15.8. The van der Waals surface area contributed by atoms with Gasteiger partial charge in [-0.2, -0.15) is 0 Å². The van der Waals surface area contributed by atoms with Crippen LogP contribution in [0.15, 0.2) is 77.3 Å². The van der Waals surface area contributed by atoms with Gasteiger partial charge in [0.25, 0.3) is 5.91 Å². The summed E-state index contributed by atoms with van der Waals surface area (Å²) in [6, 6.07) is 23.2. The summed E-state index contributed by atoms with van der Waals surface area (Å²) in [5.74, 6) is 1.10. The predicted octanol–water partition coefficient (Wildman–Crippen LogP) is 5.92. The van der Waals surface area contributed by atoms with Gasteiger partial charge in [-0.1, -0.05) is 42.5 Å². The van der Waals surface area contributed by atoms with E-state index in [0.717, 1.165) is 15.6 Å². The van der Waals surface area contributed by atoms with Crippen LogP contribution in [0.1, 0.15) is 13.8 Å². The molecule has 3 aromatic carbocycles. The van der Waals surface area contributed by atoms with Crippen LogP contribution in [0, 0.1) is 0 Å². The van der Waals surface area contributed by atoms with Crippen LogP contribution in [-0.2, 0) is 4.79 Å². The van der Waals surface area contributed by atoms with Crippen LogP contribution >= 0.6 is 15.9 Å². The fourth-order valence-corrected chi connectivity index (χ4v) is 3.18. The monoisotopic (exact) mass is 439 g/mol. The third-order valence-electron chi connectivity index (χ3n) is 3.89. The second-order valence-corrected chi connectivity index (χ2v) is 7.40. The number of rotatable bonds is 7. The van der Waals surface area contributed by atoms with Crippen molar-refractivity contribution in [1.82, 2.24) is 0 Å². The molecule has 0 saturated heterocycles. The Morgan fingerprint density at radius 2 is 1.75 bits per heavy atom. The van der Waals surface area contributed by atoms with Gasteiger partial charge in [0.15, 0.2) is 6.61 Å². The first-order chi connectivity index (χ1) is 13.5. The molecule has 4 nitrogen and oxygen atoms in total. The molecule has 144 valence electrons.